The summed E-state index contributed by atoms with van der Waals surface area (Å²) in [7, 11) is 2.33. The highest BCUT2D eigenvalue weighted by molar-refractivity contribution is 4.89. The summed E-state index contributed by atoms with van der Waals surface area (Å²) in [6.45, 7) is 10.9. The van der Waals surface area contributed by atoms with Gasteiger partial charge in [-0.15, -0.1) is 0 Å². The van der Waals surface area contributed by atoms with E-state index in [0.717, 1.165) is 24.5 Å². The summed E-state index contributed by atoms with van der Waals surface area (Å²) in [5.74, 6) is 0.943. The van der Waals surface area contributed by atoms with Gasteiger partial charge in [-0.1, -0.05) is 13.8 Å². The smallest absolute Gasteiger partial charge is 0.0145 e. The van der Waals surface area contributed by atoms with Crippen LogP contribution in [0.1, 0.15) is 52.4 Å². The Morgan fingerprint density at radius 3 is 2.80 bits per heavy atom. The van der Waals surface area contributed by atoms with Gasteiger partial charge in [-0.2, -0.15) is 0 Å². The fraction of sp³-hybridized carbons (Fsp3) is 1.00. The van der Waals surface area contributed by atoms with Crippen LogP contribution >= 0.6 is 0 Å². The Balaban J connectivity index is 1.67. The average Bonchev–Trinajstić information content (AvgIpc) is 2.46. The van der Waals surface area contributed by atoms with Crippen molar-refractivity contribution in [2.24, 2.45) is 5.92 Å². The molecule has 3 nitrogen and oxygen atoms in total. The Kier molecular flexibility index (Phi) is 6.79. The topological polar surface area (TPSA) is 18.5 Å². The lowest BCUT2D eigenvalue weighted by molar-refractivity contribution is 0.0378. The molecular formula is C17H35N3. The number of hydrogen-bond donors (Lipinski definition) is 1. The highest BCUT2D eigenvalue weighted by atomic mass is 15.2. The summed E-state index contributed by atoms with van der Waals surface area (Å²) in [6, 6.07) is 1.61. The SMILES string of the molecule is CCNC(CC)CCCN1CCC2C(CCCN2C)C1. The molecule has 3 atom stereocenters. The molecule has 1 N–H and O–H groups in total. The highest BCUT2D eigenvalue weighted by Crippen LogP contribution is 2.29. The zero-order valence-corrected chi connectivity index (χ0v) is 13.9. The minimum atomic E-state index is 0.735. The van der Waals surface area contributed by atoms with E-state index in [-0.39, 0.29) is 0 Å². The maximum absolute atomic E-state index is 3.60. The Hall–Kier alpha value is -0.120. The van der Waals surface area contributed by atoms with E-state index in [1.54, 1.807) is 0 Å². The van der Waals surface area contributed by atoms with Crippen LogP contribution in [0.2, 0.25) is 0 Å². The molecule has 0 aromatic carbocycles. The normalized spacial score (nSPS) is 30.1. The molecule has 0 spiro atoms. The van der Waals surface area contributed by atoms with Crippen molar-refractivity contribution < 1.29 is 0 Å². The Morgan fingerprint density at radius 1 is 1.20 bits per heavy atom. The Labute approximate surface area is 126 Å². The third-order valence-corrected chi connectivity index (χ3v) is 5.44. The van der Waals surface area contributed by atoms with E-state index in [0.29, 0.717) is 0 Å². The molecule has 3 heteroatoms. The van der Waals surface area contributed by atoms with Gasteiger partial charge in [0.25, 0.3) is 0 Å². The van der Waals surface area contributed by atoms with Crippen molar-refractivity contribution in [1.82, 2.24) is 15.1 Å². The summed E-state index contributed by atoms with van der Waals surface area (Å²) in [6.07, 6.45) is 8.23. The number of fused-ring (bicyclic) bond motifs is 1. The molecule has 2 rings (SSSR count). The third-order valence-electron chi connectivity index (χ3n) is 5.44. The highest BCUT2D eigenvalue weighted by Gasteiger charge is 2.33. The van der Waals surface area contributed by atoms with Crippen LogP contribution in [0.3, 0.4) is 0 Å². The molecule has 2 aliphatic heterocycles. The van der Waals surface area contributed by atoms with Crippen LogP contribution in [0, 0.1) is 5.92 Å². The van der Waals surface area contributed by atoms with Gasteiger partial charge in [0.15, 0.2) is 0 Å². The van der Waals surface area contributed by atoms with Crippen LogP contribution in [0.25, 0.3) is 0 Å². The van der Waals surface area contributed by atoms with E-state index in [1.807, 2.05) is 0 Å². The minimum absolute atomic E-state index is 0.735. The molecule has 118 valence electrons. The van der Waals surface area contributed by atoms with Gasteiger partial charge >= 0.3 is 0 Å². The van der Waals surface area contributed by atoms with Crippen LogP contribution in [0.15, 0.2) is 0 Å². The van der Waals surface area contributed by atoms with E-state index < -0.39 is 0 Å². The molecule has 0 saturated carbocycles. The number of piperidine rings is 2. The van der Waals surface area contributed by atoms with Crippen molar-refractivity contribution >= 4 is 0 Å². The van der Waals surface area contributed by atoms with Crippen molar-refractivity contribution in [3.8, 4) is 0 Å². The fourth-order valence-corrected chi connectivity index (χ4v) is 4.23. The van der Waals surface area contributed by atoms with Crippen LogP contribution in [-0.2, 0) is 0 Å². The monoisotopic (exact) mass is 281 g/mol. The summed E-state index contributed by atoms with van der Waals surface area (Å²) in [5.41, 5.74) is 0. The van der Waals surface area contributed by atoms with Gasteiger partial charge in [-0.25, -0.2) is 0 Å². The van der Waals surface area contributed by atoms with E-state index in [4.69, 9.17) is 0 Å². The molecule has 2 aliphatic rings. The van der Waals surface area contributed by atoms with Crippen LogP contribution in [-0.4, -0.2) is 61.7 Å². The first kappa shape index (κ1) is 16.3. The van der Waals surface area contributed by atoms with E-state index >= 15 is 0 Å². The maximum atomic E-state index is 3.60. The number of rotatable bonds is 7. The molecule has 2 saturated heterocycles. The van der Waals surface area contributed by atoms with Crippen LogP contribution in [0.5, 0.6) is 0 Å². The third kappa shape index (κ3) is 4.44. The quantitative estimate of drug-likeness (QED) is 0.774. The van der Waals surface area contributed by atoms with Gasteiger partial charge in [-0.05, 0) is 77.7 Å². The van der Waals surface area contributed by atoms with E-state index in [2.05, 4.69) is 36.0 Å². The summed E-state index contributed by atoms with van der Waals surface area (Å²) >= 11 is 0. The summed E-state index contributed by atoms with van der Waals surface area (Å²) < 4.78 is 0. The van der Waals surface area contributed by atoms with Crippen molar-refractivity contribution in [2.75, 3.05) is 39.8 Å². The zero-order chi connectivity index (χ0) is 14.4. The molecule has 0 amide bonds. The lowest BCUT2D eigenvalue weighted by Gasteiger charge is -2.46. The van der Waals surface area contributed by atoms with Crippen LogP contribution < -0.4 is 5.32 Å². The van der Waals surface area contributed by atoms with Crippen molar-refractivity contribution in [3.05, 3.63) is 0 Å². The average molecular weight is 281 g/mol. The number of hydrogen-bond acceptors (Lipinski definition) is 3. The second-order valence-electron chi connectivity index (χ2n) is 6.84. The largest absolute Gasteiger partial charge is 0.314 e. The number of likely N-dealkylation sites (tertiary alicyclic amines) is 2. The lowest BCUT2D eigenvalue weighted by atomic mass is 9.84. The summed E-state index contributed by atoms with van der Waals surface area (Å²) in [4.78, 5) is 5.35. The van der Waals surface area contributed by atoms with Crippen molar-refractivity contribution in [1.29, 1.82) is 0 Å². The van der Waals surface area contributed by atoms with Gasteiger partial charge in [0.2, 0.25) is 0 Å². The first-order valence-electron chi connectivity index (χ1n) is 8.90. The molecule has 3 unspecified atom stereocenters. The van der Waals surface area contributed by atoms with Gasteiger partial charge < -0.3 is 15.1 Å². The summed E-state index contributed by atoms with van der Waals surface area (Å²) in [5, 5.41) is 3.60. The standard InChI is InChI=1S/C17H35N3/c1-4-16(18-5-2)9-7-12-20-13-10-17-15(14-20)8-6-11-19(17)3/h15-18H,4-14H2,1-3H3. The number of nitrogens with zero attached hydrogens (tertiary/aromatic N) is 2. The predicted octanol–water partition coefficient (Wildman–Crippen LogP) is 2.57. The molecule has 20 heavy (non-hydrogen) atoms. The Morgan fingerprint density at radius 2 is 2.05 bits per heavy atom. The molecule has 0 aromatic rings. The fourth-order valence-electron chi connectivity index (χ4n) is 4.23. The maximum Gasteiger partial charge on any atom is 0.0145 e. The molecule has 2 fully saturated rings. The van der Waals surface area contributed by atoms with Gasteiger partial charge in [-0.3, -0.25) is 0 Å². The molecular weight excluding hydrogens is 246 g/mol. The van der Waals surface area contributed by atoms with Crippen molar-refractivity contribution in [2.45, 2.75) is 64.5 Å². The van der Waals surface area contributed by atoms with Crippen LogP contribution in [0.4, 0.5) is 0 Å². The second-order valence-corrected chi connectivity index (χ2v) is 6.84. The Bertz CT molecular complexity index is 269. The van der Waals surface area contributed by atoms with Gasteiger partial charge in [0.05, 0.1) is 0 Å². The zero-order valence-electron chi connectivity index (χ0n) is 13.9. The number of nitrogens with one attached hydrogen (secondary N) is 1. The van der Waals surface area contributed by atoms with Crippen molar-refractivity contribution in [3.63, 3.8) is 0 Å². The van der Waals surface area contributed by atoms with Gasteiger partial charge in [0, 0.05) is 18.6 Å². The molecule has 0 aromatic heterocycles. The van der Waals surface area contributed by atoms with Gasteiger partial charge in [0.1, 0.15) is 0 Å². The predicted molar refractivity (Wildman–Crippen MR) is 87.2 cm³/mol. The van der Waals surface area contributed by atoms with E-state index in [9.17, 15) is 0 Å². The molecule has 0 radical (unpaired) electrons. The first-order valence-corrected chi connectivity index (χ1v) is 8.90. The molecule has 2 heterocycles. The molecule has 0 aliphatic carbocycles. The lowest BCUT2D eigenvalue weighted by Crippen LogP contribution is -2.52. The first-order chi connectivity index (χ1) is 9.74. The van der Waals surface area contributed by atoms with E-state index in [1.165, 1.54) is 64.7 Å². The second kappa shape index (κ2) is 8.35. The molecule has 0 bridgehead atoms. The minimum Gasteiger partial charge on any atom is -0.314 e.